The van der Waals surface area contributed by atoms with E-state index < -0.39 is 8.24 Å². The lowest BCUT2D eigenvalue weighted by Crippen LogP contribution is -2.16. The van der Waals surface area contributed by atoms with Crippen molar-refractivity contribution in [3.05, 3.63) is 34.3 Å². The van der Waals surface area contributed by atoms with Crippen molar-refractivity contribution in [2.45, 2.75) is 19.6 Å². The van der Waals surface area contributed by atoms with Gasteiger partial charge in [-0.2, -0.15) is 0 Å². The molecule has 0 N–H and O–H groups in total. The molecule has 0 heterocycles. The molecular formula is C10H14BrNSi. The molecule has 0 spiro atoms. The van der Waals surface area contributed by atoms with Gasteiger partial charge in [0.1, 0.15) is 0 Å². The predicted octanol–water partition coefficient (Wildman–Crippen LogP) is 3.70. The van der Waals surface area contributed by atoms with Crippen LogP contribution < -0.4 is 0 Å². The van der Waals surface area contributed by atoms with Gasteiger partial charge < -0.3 is 4.66 Å². The lowest BCUT2D eigenvalue weighted by atomic mass is 10.2. The van der Waals surface area contributed by atoms with Crippen LogP contribution in [0.3, 0.4) is 0 Å². The maximum absolute atomic E-state index is 4.57. The molecule has 0 unspecified atom stereocenters. The van der Waals surface area contributed by atoms with Crippen molar-refractivity contribution in [2.24, 2.45) is 4.66 Å². The molecule has 1 rings (SSSR count). The first kappa shape index (κ1) is 10.7. The van der Waals surface area contributed by atoms with Gasteiger partial charge in [-0.25, -0.2) is 0 Å². The first-order valence-electron chi connectivity index (χ1n) is 4.29. The second-order valence-corrected chi connectivity index (χ2v) is 9.40. The van der Waals surface area contributed by atoms with E-state index in [1.54, 1.807) is 0 Å². The average molecular weight is 256 g/mol. The quantitative estimate of drug-likeness (QED) is 0.565. The lowest BCUT2D eigenvalue weighted by Gasteiger charge is -2.07. The van der Waals surface area contributed by atoms with Gasteiger partial charge in [-0.1, -0.05) is 34.1 Å². The molecule has 0 aromatic heterocycles. The third-order valence-corrected chi connectivity index (χ3v) is 3.12. The van der Waals surface area contributed by atoms with Gasteiger partial charge in [0.2, 0.25) is 0 Å². The van der Waals surface area contributed by atoms with Crippen LogP contribution in [0.25, 0.3) is 0 Å². The summed E-state index contributed by atoms with van der Waals surface area (Å²) < 4.78 is 5.68. The van der Waals surface area contributed by atoms with E-state index in [1.165, 1.54) is 0 Å². The van der Waals surface area contributed by atoms with Crippen molar-refractivity contribution >= 4 is 30.4 Å². The molecule has 3 heteroatoms. The molecule has 13 heavy (non-hydrogen) atoms. The van der Waals surface area contributed by atoms with Crippen LogP contribution in [0.2, 0.25) is 19.6 Å². The Morgan fingerprint density at radius 2 is 1.85 bits per heavy atom. The Hall–Kier alpha value is -0.413. The van der Waals surface area contributed by atoms with Crippen LogP contribution >= 0.6 is 15.9 Å². The van der Waals surface area contributed by atoms with Gasteiger partial charge >= 0.3 is 0 Å². The molecule has 1 aromatic rings. The second-order valence-electron chi connectivity index (χ2n) is 3.95. The van der Waals surface area contributed by atoms with Crippen LogP contribution in [0.1, 0.15) is 5.56 Å². The Morgan fingerprint density at radius 3 is 2.38 bits per heavy atom. The zero-order chi connectivity index (χ0) is 9.90. The van der Waals surface area contributed by atoms with E-state index >= 15 is 0 Å². The van der Waals surface area contributed by atoms with Crippen molar-refractivity contribution < 1.29 is 0 Å². The first-order chi connectivity index (χ1) is 5.99. The van der Waals surface area contributed by atoms with Gasteiger partial charge in [-0.15, -0.1) is 0 Å². The van der Waals surface area contributed by atoms with E-state index in [2.05, 4.69) is 46.3 Å². The normalized spacial score (nSPS) is 12.3. The summed E-state index contributed by atoms with van der Waals surface area (Å²) in [7, 11) is -1.31. The highest BCUT2D eigenvalue weighted by atomic mass is 79.9. The van der Waals surface area contributed by atoms with Gasteiger partial charge in [-0.05, 0) is 25.7 Å². The van der Waals surface area contributed by atoms with Gasteiger partial charge in [0.05, 0.1) is 0 Å². The minimum Gasteiger partial charge on any atom is -0.329 e. The zero-order valence-corrected chi connectivity index (χ0v) is 10.8. The third-order valence-electron chi connectivity index (χ3n) is 1.50. The topological polar surface area (TPSA) is 12.4 Å². The molecule has 0 aliphatic rings. The molecule has 0 bridgehead atoms. The molecule has 1 aromatic carbocycles. The molecule has 0 aliphatic carbocycles. The van der Waals surface area contributed by atoms with Crippen molar-refractivity contribution in [3.8, 4) is 0 Å². The summed E-state index contributed by atoms with van der Waals surface area (Å²) in [5.41, 5.74) is 1.16. The molecule has 0 radical (unpaired) electrons. The third kappa shape index (κ3) is 3.87. The van der Waals surface area contributed by atoms with E-state index in [0.29, 0.717) is 0 Å². The van der Waals surface area contributed by atoms with Crippen LogP contribution in [0.15, 0.2) is 33.4 Å². The minimum atomic E-state index is -1.31. The molecule has 0 amide bonds. The number of nitrogens with zero attached hydrogens (tertiary/aromatic N) is 1. The molecule has 1 nitrogen and oxygen atoms in total. The standard InChI is InChI=1S/C10H14BrNSi/c1-13(2,3)12-8-9-6-4-5-7-10(9)11/h4-8H,1-3H3/b12-8+. The Kier molecular flexibility index (Phi) is 3.45. The van der Waals surface area contributed by atoms with E-state index in [9.17, 15) is 0 Å². The van der Waals surface area contributed by atoms with Crippen molar-refractivity contribution in [1.82, 2.24) is 0 Å². The van der Waals surface area contributed by atoms with E-state index in [4.69, 9.17) is 0 Å². The molecule has 0 aliphatic heterocycles. The van der Waals surface area contributed by atoms with Crippen LogP contribution in [0.4, 0.5) is 0 Å². The molecule has 0 atom stereocenters. The highest BCUT2D eigenvalue weighted by Gasteiger charge is 2.09. The monoisotopic (exact) mass is 255 g/mol. The Balaban J connectivity index is 2.86. The van der Waals surface area contributed by atoms with Gasteiger partial charge in [-0.3, -0.25) is 0 Å². The fourth-order valence-electron chi connectivity index (χ4n) is 0.843. The molecule has 0 saturated heterocycles. The number of benzene rings is 1. The van der Waals surface area contributed by atoms with E-state index in [0.717, 1.165) is 10.0 Å². The van der Waals surface area contributed by atoms with E-state index in [-0.39, 0.29) is 0 Å². The maximum atomic E-state index is 4.57. The predicted molar refractivity (Wildman–Crippen MR) is 65.1 cm³/mol. The maximum Gasteiger partial charge on any atom is 0.172 e. The summed E-state index contributed by atoms with van der Waals surface area (Å²) in [6, 6.07) is 8.13. The van der Waals surface area contributed by atoms with Crippen molar-refractivity contribution in [1.29, 1.82) is 0 Å². The van der Waals surface area contributed by atoms with Crippen LogP contribution in [0, 0.1) is 0 Å². The van der Waals surface area contributed by atoms with E-state index in [1.807, 2.05) is 24.4 Å². The number of hydrogen-bond donors (Lipinski definition) is 0. The minimum absolute atomic E-state index is 1.11. The highest BCUT2D eigenvalue weighted by Crippen LogP contribution is 2.14. The van der Waals surface area contributed by atoms with Crippen LogP contribution in [-0.2, 0) is 0 Å². The molecule has 0 saturated carbocycles. The van der Waals surface area contributed by atoms with Crippen LogP contribution in [0.5, 0.6) is 0 Å². The Labute approximate surface area is 89.1 Å². The summed E-state index contributed by atoms with van der Waals surface area (Å²) >= 11 is 3.49. The fourth-order valence-corrected chi connectivity index (χ4v) is 1.76. The summed E-state index contributed by atoms with van der Waals surface area (Å²) in [5.74, 6) is 0. The Bertz CT molecular complexity index is 315. The lowest BCUT2D eigenvalue weighted by molar-refractivity contribution is 1.55. The second kappa shape index (κ2) is 4.20. The SMILES string of the molecule is C[Si](C)(C)/N=C/c1ccccc1Br. The highest BCUT2D eigenvalue weighted by molar-refractivity contribution is 9.10. The smallest absolute Gasteiger partial charge is 0.172 e. The van der Waals surface area contributed by atoms with Gasteiger partial charge in [0, 0.05) is 16.3 Å². The number of rotatable bonds is 2. The first-order valence-corrected chi connectivity index (χ1v) is 8.53. The molecule has 0 fully saturated rings. The summed E-state index contributed by atoms with van der Waals surface area (Å²) in [6.45, 7) is 6.67. The summed E-state index contributed by atoms with van der Waals surface area (Å²) in [5, 5.41) is 0. The largest absolute Gasteiger partial charge is 0.329 e. The van der Waals surface area contributed by atoms with Crippen molar-refractivity contribution in [2.75, 3.05) is 0 Å². The fraction of sp³-hybridized carbons (Fsp3) is 0.300. The number of halogens is 1. The van der Waals surface area contributed by atoms with Crippen molar-refractivity contribution in [3.63, 3.8) is 0 Å². The van der Waals surface area contributed by atoms with Gasteiger partial charge in [0.25, 0.3) is 0 Å². The average Bonchev–Trinajstić information content (AvgIpc) is 2.01. The van der Waals surface area contributed by atoms with Gasteiger partial charge in [0.15, 0.2) is 8.24 Å². The molecule has 70 valence electrons. The number of hydrogen-bond acceptors (Lipinski definition) is 1. The summed E-state index contributed by atoms with van der Waals surface area (Å²) in [6.07, 6.45) is 1.97. The Morgan fingerprint density at radius 1 is 1.23 bits per heavy atom. The zero-order valence-electron chi connectivity index (χ0n) is 8.21. The van der Waals surface area contributed by atoms with Crippen LogP contribution in [-0.4, -0.2) is 14.5 Å². The molecular weight excluding hydrogens is 242 g/mol. The summed E-state index contributed by atoms with van der Waals surface area (Å²) in [4.78, 5) is 0.